The maximum Gasteiger partial charge on any atom is 0.220 e. The van der Waals surface area contributed by atoms with Gasteiger partial charge in [0.1, 0.15) is 5.75 Å². The van der Waals surface area contributed by atoms with Gasteiger partial charge >= 0.3 is 0 Å². The number of nitrogens with zero attached hydrogens (tertiary/aromatic N) is 4. The zero-order valence-electron chi connectivity index (χ0n) is 13.1. The minimum absolute atomic E-state index is 0.256. The molecule has 0 unspecified atom stereocenters. The van der Waals surface area contributed by atoms with E-state index in [-0.39, 0.29) is 5.75 Å². The zero-order valence-corrected chi connectivity index (χ0v) is 13.1. The van der Waals surface area contributed by atoms with Gasteiger partial charge in [-0.25, -0.2) is 9.97 Å². The van der Waals surface area contributed by atoms with E-state index in [2.05, 4.69) is 25.1 Å². The van der Waals surface area contributed by atoms with Crippen molar-refractivity contribution in [3.8, 4) is 17.0 Å². The van der Waals surface area contributed by atoms with E-state index in [1.165, 1.54) is 0 Å². The third-order valence-electron chi connectivity index (χ3n) is 4.30. The monoisotopic (exact) mass is 322 g/mol. The number of nitrogens with two attached hydrogens (primary N) is 1. The molecule has 1 aliphatic heterocycles. The number of fused-ring (bicyclic) bond motifs is 1. The molecule has 0 aliphatic carbocycles. The second kappa shape index (κ2) is 5.93. The van der Waals surface area contributed by atoms with Crippen LogP contribution in [0.3, 0.4) is 0 Å². The summed E-state index contributed by atoms with van der Waals surface area (Å²) in [7, 11) is 0. The summed E-state index contributed by atoms with van der Waals surface area (Å²) in [6, 6.07) is 7.13. The number of phenols is 1. The molecular weight excluding hydrogens is 304 g/mol. The van der Waals surface area contributed by atoms with Crippen molar-refractivity contribution in [3.63, 3.8) is 0 Å². The first kappa shape index (κ1) is 14.6. The predicted molar refractivity (Wildman–Crippen MR) is 90.0 cm³/mol. The average molecular weight is 322 g/mol. The molecule has 0 saturated heterocycles. The van der Waals surface area contributed by atoms with Crippen LogP contribution >= 0.6 is 0 Å². The lowest BCUT2D eigenvalue weighted by molar-refractivity contribution is 0.243. The number of H-pyrrole nitrogens is 1. The van der Waals surface area contributed by atoms with Crippen molar-refractivity contribution in [2.75, 3.05) is 12.3 Å². The van der Waals surface area contributed by atoms with Crippen molar-refractivity contribution in [1.29, 1.82) is 0 Å². The number of benzene rings is 1. The minimum Gasteiger partial charge on any atom is -0.508 e. The predicted octanol–water partition coefficient (Wildman–Crippen LogP) is 1.71. The average Bonchev–Trinajstić information content (AvgIpc) is 3.04. The van der Waals surface area contributed by atoms with Gasteiger partial charge in [-0.15, -0.1) is 0 Å². The highest BCUT2D eigenvalue weighted by Gasteiger charge is 2.20. The fraction of sp³-hybridized carbons (Fsp3) is 0.235. The molecule has 1 aliphatic rings. The molecule has 0 bridgehead atoms. The van der Waals surface area contributed by atoms with Crippen molar-refractivity contribution < 1.29 is 5.11 Å². The smallest absolute Gasteiger partial charge is 0.220 e. The SMILES string of the molecule is Nc1ncc2c(n1)CCN(Cc1cn[nH]c1-c1ccc(O)cc1)C2. The summed E-state index contributed by atoms with van der Waals surface area (Å²) in [5.41, 5.74) is 10.9. The standard InChI is InChI=1S/C17H18N6O/c18-17-19-7-12-9-23(6-5-15(12)21-17)10-13-8-20-22-16(13)11-1-3-14(24)4-2-11/h1-4,7-8,24H,5-6,9-10H2,(H,20,22)(H2,18,19,21). The van der Waals surface area contributed by atoms with Gasteiger partial charge in [-0.2, -0.15) is 5.10 Å². The largest absolute Gasteiger partial charge is 0.508 e. The molecular formula is C17H18N6O. The third-order valence-corrected chi connectivity index (χ3v) is 4.30. The molecule has 4 rings (SSSR count). The Hall–Kier alpha value is -2.93. The van der Waals surface area contributed by atoms with Gasteiger partial charge in [0.05, 0.1) is 17.6 Å². The molecule has 3 aromatic rings. The van der Waals surface area contributed by atoms with Crippen molar-refractivity contribution in [2.24, 2.45) is 0 Å². The molecule has 0 saturated carbocycles. The number of anilines is 1. The number of aromatic nitrogens is 4. The number of rotatable bonds is 3. The Morgan fingerprint density at radius 3 is 2.88 bits per heavy atom. The van der Waals surface area contributed by atoms with E-state index in [1.807, 2.05) is 24.5 Å². The fourth-order valence-corrected chi connectivity index (χ4v) is 3.07. The van der Waals surface area contributed by atoms with Crippen molar-refractivity contribution in [2.45, 2.75) is 19.5 Å². The van der Waals surface area contributed by atoms with Crippen LogP contribution in [0.4, 0.5) is 5.95 Å². The summed E-state index contributed by atoms with van der Waals surface area (Å²) in [5, 5.41) is 16.7. The van der Waals surface area contributed by atoms with Crippen molar-refractivity contribution >= 4 is 5.95 Å². The number of nitrogen functional groups attached to an aromatic ring is 1. The van der Waals surface area contributed by atoms with Gasteiger partial charge in [-0.05, 0) is 24.3 Å². The fourth-order valence-electron chi connectivity index (χ4n) is 3.07. The van der Waals surface area contributed by atoms with Crippen LogP contribution in [0.15, 0.2) is 36.7 Å². The molecule has 0 radical (unpaired) electrons. The van der Waals surface area contributed by atoms with Crippen LogP contribution in [0.25, 0.3) is 11.3 Å². The molecule has 1 aromatic carbocycles. The van der Waals surface area contributed by atoms with Gasteiger partial charge in [0.15, 0.2) is 0 Å². The summed E-state index contributed by atoms with van der Waals surface area (Å²) in [6.07, 6.45) is 4.55. The Bertz CT molecular complexity index is 858. The number of hydrogen-bond acceptors (Lipinski definition) is 6. The normalized spacial score (nSPS) is 14.5. The molecule has 7 nitrogen and oxygen atoms in total. The second-order valence-electron chi connectivity index (χ2n) is 5.98. The number of phenolic OH excluding ortho intramolecular Hbond substituents is 1. The highest BCUT2D eigenvalue weighted by atomic mass is 16.3. The van der Waals surface area contributed by atoms with Gasteiger partial charge < -0.3 is 10.8 Å². The zero-order chi connectivity index (χ0) is 16.5. The molecule has 4 N–H and O–H groups in total. The Morgan fingerprint density at radius 1 is 1.21 bits per heavy atom. The quantitative estimate of drug-likeness (QED) is 0.678. The molecule has 7 heteroatoms. The van der Waals surface area contributed by atoms with Crippen LogP contribution < -0.4 is 5.73 Å². The highest BCUT2D eigenvalue weighted by molar-refractivity contribution is 5.63. The van der Waals surface area contributed by atoms with E-state index in [4.69, 9.17) is 5.73 Å². The minimum atomic E-state index is 0.256. The lowest BCUT2D eigenvalue weighted by atomic mass is 10.0. The van der Waals surface area contributed by atoms with Gasteiger partial charge in [-0.3, -0.25) is 10.00 Å². The van der Waals surface area contributed by atoms with Gasteiger partial charge in [-0.1, -0.05) is 0 Å². The Labute approximate surface area is 139 Å². The molecule has 2 aromatic heterocycles. The van der Waals surface area contributed by atoms with E-state index < -0.39 is 0 Å². The summed E-state index contributed by atoms with van der Waals surface area (Å²) in [6.45, 7) is 2.51. The topological polar surface area (TPSA) is 104 Å². The van der Waals surface area contributed by atoms with E-state index in [0.29, 0.717) is 5.95 Å². The van der Waals surface area contributed by atoms with Crippen LogP contribution in [-0.4, -0.2) is 36.7 Å². The van der Waals surface area contributed by atoms with Gasteiger partial charge in [0.25, 0.3) is 0 Å². The maximum atomic E-state index is 9.44. The summed E-state index contributed by atoms with van der Waals surface area (Å²) in [4.78, 5) is 10.8. The molecule has 0 spiro atoms. The van der Waals surface area contributed by atoms with Crippen LogP contribution in [0.2, 0.25) is 0 Å². The van der Waals surface area contributed by atoms with Crippen LogP contribution in [0.1, 0.15) is 16.8 Å². The number of hydrogen-bond donors (Lipinski definition) is 3. The number of nitrogens with one attached hydrogen (secondary N) is 1. The maximum absolute atomic E-state index is 9.44. The van der Waals surface area contributed by atoms with Crippen molar-refractivity contribution in [1.82, 2.24) is 25.1 Å². The summed E-state index contributed by atoms with van der Waals surface area (Å²) < 4.78 is 0. The number of aromatic amines is 1. The van der Waals surface area contributed by atoms with E-state index in [9.17, 15) is 5.11 Å². The van der Waals surface area contributed by atoms with Crippen LogP contribution in [0.5, 0.6) is 5.75 Å². The van der Waals surface area contributed by atoms with Gasteiger partial charge in [0.2, 0.25) is 5.95 Å². The first-order chi connectivity index (χ1) is 11.7. The third kappa shape index (κ3) is 2.81. The van der Waals surface area contributed by atoms with E-state index in [1.54, 1.807) is 12.1 Å². The molecule has 0 amide bonds. The molecule has 3 heterocycles. The molecule has 0 atom stereocenters. The Kier molecular flexibility index (Phi) is 3.62. The molecule has 122 valence electrons. The first-order valence-corrected chi connectivity index (χ1v) is 7.83. The molecule has 24 heavy (non-hydrogen) atoms. The molecule has 0 fully saturated rings. The summed E-state index contributed by atoms with van der Waals surface area (Å²) in [5.74, 6) is 0.596. The van der Waals surface area contributed by atoms with E-state index in [0.717, 1.165) is 54.1 Å². The lowest BCUT2D eigenvalue weighted by Gasteiger charge is -2.27. The summed E-state index contributed by atoms with van der Waals surface area (Å²) >= 11 is 0. The van der Waals surface area contributed by atoms with E-state index >= 15 is 0 Å². The Morgan fingerprint density at radius 2 is 2.04 bits per heavy atom. The van der Waals surface area contributed by atoms with Crippen LogP contribution in [0, 0.1) is 0 Å². The highest BCUT2D eigenvalue weighted by Crippen LogP contribution is 2.26. The lowest BCUT2D eigenvalue weighted by Crippen LogP contribution is -2.31. The van der Waals surface area contributed by atoms with Gasteiger partial charge in [0, 0.05) is 48.9 Å². The first-order valence-electron chi connectivity index (χ1n) is 7.83. The second-order valence-corrected chi connectivity index (χ2v) is 5.98. The Balaban J connectivity index is 1.54. The number of aromatic hydroxyl groups is 1. The van der Waals surface area contributed by atoms with Crippen molar-refractivity contribution in [3.05, 3.63) is 53.5 Å². The van der Waals surface area contributed by atoms with Crippen LogP contribution in [-0.2, 0) is 19.5 Å².